The van der Waals surface area contributed by atoms with E-state index in [-0.39, 0.29) is 16.0 Å². The number of halogens is 1. The third-order valence-electron chi connectivity index (χ3n) is 3.69. The van der Waals surface area contributed by atoms with E-state index in [1.54, 1.807) is 19.1 Å². The molecule has 0 atom stereocenters. The molecular weight excluding hydrogens is 359 g/mol. The first-order chi connectivity index (χ1) is 11.5. The zero-order valence-electron chi connectivity index (χ0n) is 14.4. The van der Waals surface area contributed by atoms with Gasteiger partial charge < -0.3 is 0 Å². The fourth-order valence-electron chi connectivity index (χ4n) is 2.25. The summed E-state index contributed by atoms with van der Waals surface area (Å²) in [5.41, 5.74) is 1.10. The molecule has 7 heteroatoms. The van der Waals surface area contributed by atoms with Crippen molar-refractivity contribution in [1.29, 1.82) is 5.26 Å². The van der Waals surface area contributed by atoms with Crippen LogP contribution in [0.5, 0.6) is 0 Å². The number of nitrogens with zero attached hydrogens (tertiary/aromatic N) is 1. The standard InChI is InChI=1S/C18H19FN2O2S2/c1-12-5-6-13(18(2,3)4)9-17(12)25(22,23)21-16-8-7-14(24-11-20)10-15(16)19/h5-10,21H,1-4H3. The molecule has 0 unspecified atom stereocenters. The van der Waals surface area contributed by atoms with E-state index in [1.807, 2.05) is 32.2 Å². The van der Waals surface area contributed by atoms with Gasteiger partial charge in [-0.25, -0.2) is 12.8 Å². The first kappa shape index (κ1) is 19.3. The highest BCUT2D eigenvalue weighted by Crippen LogP contribution is 2.29. The third-order valence-corrected chi connectivity index (χ3v) is 5.78. The van der Waals surface area contributed by atoms with Crippen LogP contribution in [0.4, 0.5) is 10.1 Å². The Balaban J connectivity index is 2.42. The van der Waals surface area contributed by atoms with Gasteiger partial charge in [-0.3, -0.25) is 4.72 Å². The van der Waals surface area contributed by atoms with Gasteiger partial charge in [-0.05, 0) is 59.5 Å². The molecule has 132 valence electrons. The number of hydrogen-bond acceptors (Lipinski definition) is 4. The van der Waals surface area contributed by atoms with E-state index >= 15 is 0 Å². The van der Waals surface area contributed by atoms with Crippen LogP contribution in [-0.4, -0.2) is 8.42 Å². The average molecular weight is 378 g/mol. The molecule has 0 radical (unpaired) electrons. The van der Waals surface area contributed by atoms with Gasteiger partial charge in [0.05, 0.1) is 10.6 Å². The van der Waals surface area contributed by atoms with E-state index < -0.39 is 15.8 Å². The molecule has 0 bridgehead atoms. The van der Waals surface area contributed by atoms with Gasteiger partial charge in [-0.15, -0.1) is 0 Å². The second kappa shape index (κ2) is 7.06. The lowest BCUT2D eigenvalue weighted by Crippen LogP contribution is -2.18. The summed E-state index contributed by atoms with van der Waals surface area (Å²) in [5.74, 6) is -0.728. The molecule has 0 aliphatic carbocycles. The minimum atomic E-state index is -3.94. The molecule has 0 aromatic heterocycles. The molecule has 0 fully saturated rings. The lowest BCUT2D eigenvalue weighted by molar-refractivity contribution is 0.583. The van der Waals surface area contributed by atoms with Gasteiger partial charge in [-0.1, -0.05) is 32.9 Å². The Kier molecular flexibility index (Phi) is 5.45. The first-order valence-electron chi connectivity index (χ1n) is 7.54. The van der Waals surface area contributed by atoms with Gasteiger partial charge in [0.25, 0.3) is 10.0 Å². The van der Waals surface area contributed by atoms with Crippen LogP contribution < -0.4 is 4.72 Å². The Hall–Kier alpha value is -2.04. The highest BCUT2D eigenvalue weighted by atomic mass is 32.2. The number of thiocyanates is 1. The number of benzene rings is 2. The third kappa shape index (κ3) is 4.53. The summed E-state index contributed by atoms with van der Waals surface area (Å²) in [7, 11) is -3.94. The monoisotopic (exact) mass is 378 g/mol. The van der Waals surface area contributed by atoms with Crippen molar-refractivity contribution < 1.29 is 12.8 Å². The highest BCUT2D eigenvalue weighted by Gasteiger charge is 2.22. The van der Waals surface area contributed by atoms with E-state index in [4.69, 9.17) is 5.26 Å². The van der Waals surface area contributed by atoms with Gasteiger partial charge in [-0.2, -0.15) is 5.26 Å². The average Bonchev–Trinajstić information content (AvgIpc) is 2.49. The summed E-state index contributed by atoms with van der Waals surface area (Å²) in [6, 6.07) is 9.20. The smallest absolute Gasteiger partial charge is 0.262 e. The Morgan fingerprint density at radius 3 is 2.40 bits per heavy atom. The Morgan fingerprint density at radius 2 is 1.84 bits per heavy atom. The van der Waals surface area contributed by atoms with Crippen molar-refractivity contribution in [3.63, 3.8) is 0 Å². The SMILES string of the molecule is Cc1ccc(C(C)(C)C)cc1S(=O)(=O)Nc1ccc(SC#N)cc1F. The van der Waals surface area contributed by atoms with Crippen LogP contribution in [0.3, 0.4) is 0 Å². The number of sulfonamides is 1. The van der Waals surface area contributed by atoms with Crippen molar-refractivity contribution >= 4 is 27.5 Å². The fraction of sp³-hybridized carbons (Fsp3) is 0.278. The predicted molar refractivity (Wildman–Crippen MR) is 98.6 cm³/mol. The molecule has 0 spiro atoms. The van der Waals surface area contributed by atoms with Crippen LogP contribution in [0.2, 0.25) is 0 Å². The van der Waals surface area contributed by atoms with Crippen molar-refractivity contribution in [2.75, 3.05) is 4.72 Å². The predicted octanol–water partition coefficient (Wildman–Crippen LogP) is 4.81. The topological polar surface area (TPSA) is 70.0 Å². The van der Waals surface area contributed by atoms with E-state index in [2.05, 4.69) is 4.72 Å². The van der Waals surface area contributed by atoms with E-state index in [0.717, 1.165) is 23.4 Å². The van der Waals surface area contributed by atoms with Crippen LogP contribution in [-0.2, 0) is 15.4 Å². The van der Waals surface area contributed by atoms with E-state index in [1.165, 1.54) is 12.1 Å². The minimum absolute atomic E-state index is 0.120. The summed E-state index contributed by atoms with van der Waals surface area (Å²) in [4.78, 5) is 0.531. The van der Waals surface area contributed by atoms with Gasteiger partial charge in [0.1, 0.15) is 11.2 Å². The normalized spacial score (nSPS) is 11.8. The second-order valence-electron chi connectivity index (χ2n) is 6.67. The van der Waals surface area contributed by atoms with Crippen molar-refractivity contribution in [2.45, 2.75) is 42.9 Å². The molecule has 2 aromatic rings. The zero-order valence-corrected chi connectivity index (χ0v) is 16.1. The maximum absolute atomic E-state index is 14.1. The number of hydrogen-bond donors (Lipinski definition) is 1. The molecule has 25 heavy (non-hydrogen) atoms. The first-order valence-corrected chi connectivity index (χ1v) is 9.84. The number of rotatable bonds is 4. The Morgan fingerprint density at radius 1 is 1.16 bits per heavy atom. The number of nitrogens with one attached hydrogen (secondary N) is 1. The summed E-state index contributed by atoms with van der Waals surface area (Å²) in [6.07, 6.45) is 0. The Labute approximate surface area is 152 Å². The maximum atomic E-state index is 14.1. The molecule has 0 aliphatic heterocycles. The maximum Gasteiger partial charge on any atom is 0.262 e. The molecule has 0 saturated carbocycles. The molecule has 0 aliphatic rings. The molecular formula is C18H19FN2O2S2. The highest BCUT2D eigenvalue weighted by molar-refractivity contribution is 8.03. The number of anilines is 1. The molecule has 1 N–H and O–H groups in total. The van der Waals surface area contributed by atoms with Crippen molar-refractivity contribution in [3.05, 3.63) is 53.3 Å². The lowest BCUT2D eigenvalue weighted by atomic mass is 9.87. The number of aryl methyl sites for hydroxylation is 1. The molecule has 0 heterocycles. The van der Waals surface area contributed by atoms with Gasteiger partial charge >= 0.3 is 0 Å². The van der Waals surface area contributed by atoms with Crippen LogP contribution >= 0.6 is 11.8 Å². The molecule has 2 rings (SSSR count). The number of thioether (sulfide) groups is 1. The zero-order chi connectivity index (χ0) is 18.8. The van der Waals surface area contributed by atoms with Crippen molar-refractivity contribution in [2.24, 2.45) is 0 Å². The van der Waals surface area contributed by atoms with Crippen LogP contribution in [0, 0.1) is 23.4 Å². The fourth-order valence-corrected chi connectivity index (χ4v) is 3.99. The molecule has 2 aromatic carbocycles. The second-order valence-corrected chi connectivity index (χ2v) is 9.18. The number of nitriles is 1. The van der Waals surface area contributed by atoms with Crippen LogP contribution in [0.25, 0.3) is 0 Å². The van der Waals surface area contributed by atoms with Gasteiger partial charge in [0.15, 0.2) is 0 Å². The molecule has 0 amide bonds. The van der Waals surface area contributed by atoms with Crippen molar-refractivity contribution in [1.82, 2.24) is 0 Å². The quantitative estimate of drug-likeness (QED) is 0.612. The largest absolute Gasteiger partial charge is 0.277 e. The van der Waals surface area contributed by atoms with E-state index in [0.29, 0.717) is 10.5 Å². The summed E-state index contributed by atoms with van der Waals surface area (Å²) in [6.45, 7) is 7.68. The van der Waals surface area contributed by atoms with Crippen LogP contribution in [0.1, 0.15) is 31.9 Å². The summed E-state index contributed by atoms with van der Waals surface area (Å²) in [5, 5.41) is 10.5. The minimum Gasteiger partial charge on any atom is -0.277 e. The molecule has 4 nitrogen and oxygen atoms in total. The summed E-state index contributed by atoms with van der Waals surface area (Å²) >= 11 is 0.808. The Bertz CT molecular complexity index is 943. The molecule has 0 saturated heterocycles. The van der Waals surface area contributed by atoms with Crippen molar-refractivity contribution in [3.8, 4) is 5.40 Å². The van der Waals surface area contributed by atoms with E-state index in [9.17, 15) is 12.8 Å². The van der Waals surface area contributed by atoms with Gasteiger partial charge in [0, 0.05) is 4.90 Å². The van der Waals surface area contributed by atoms with Crippen LogP contribution in [0.15, 0.2) is 46.2 Å². The lowest BCUT2D eigenvalue weighted by Gasteiger charge is -2.21. The summed E-state index contributed by atoms with van der Waals surface area (Å²) < 4.78 is 41.9. The van der Waals surface area contributed by atoms with Gasteiger partial charge in [0.2, 0.25) is 0 Å².